The molecule has 158 valence electrons. The third-order valence-electron chi connectivity index (χ3n) is 4.84. The number of rotatable bonds is 6. The number of hydrogen-bond acceptors (Lipinski definition) is 6. The lowest BCUT2D eigenvalue weighted by Crippen LogP contribution is -2.29. The smallest absolute Gasteiger partial charge is 0.147 e. The van der Waals surface area contributed by atoms with E-state index in [1.165, 1.54) is 12.1 Å². The van der Waals surface area contributed by atoms with Crippen molar-refractivity contribution in [3.05, 3.63) is 59.8 Å². The van der Waals surface area contributed by atoms with Crippen molar-refractivity contribution >= 4 is 11.4 Å². The summed E-state index contributed by atoms with van der Waals surface area (Å²) in [6.07, 6.45) is 3.07. The maximum absolute atomic E-state index is 13.7. The van der Waals surface area contributed by atoms with Crippen LogP contribution in [0.2, 0.25) is 0 Å². The van der Waals surface area contributed by atoms with E-state index in [0.29, 0.717) is 41.3 Å². The molecular weight excluding hydrogens is 387 g/mol. The summed E-state index contributed by atoms with van der Waals surface area (Å²) >= 11 is 0. The molecule has 0 spiro atoms. The Balaban J connectivity index is 1.81. The van der Waals surface area contributed by atoms with Crippen LogP contribution in [0.25, 0.3) is 11.3 Å². The van der Waals surface area contributed by atoms with Gasteiger partial charge in [-0.25, -0.2) is 4.39 Å². The number of anilines is 2. The van der Waals surface area contributed by atoms with Crippen molar-refractivity contribution < 1.29 is 19.3 Å². The first-order valence-corrected chi connectivity index (χ1v) is 9.80. The highest BCUT2D eigenvalue weighted by molar-refractivity contribution is 5.85. The van der Waals surface area contributed by atoms with Crippen molar-refractivity contribution in [3.63, 3.8) is 0 Å². The van der Waals surface area contributed by atoms with E-state index < -0.39 is 11.8 Å². The predicted octanol–water partition coefficient (Wildman–Crippen LogP) is 3.25. The Morgan fingerprint density at radius 3 is 2.93 bits per heavy atom. The average Bonchev–Trinajstić information content (AvgIpc) is 3.05. The molecule has 3 aromatic rings. The molecule has 0 fully saturated rings. The monoisotopic (exact) mass is 412 g/mol. The van der Waals surface area contributed by atoms with Gasteiger partial charge in [-0.15, -0.1) is 0 Å². The van der Waals surface area contributed by atoms with Crippen LogP contribution in [0.5, 0.6) is 5.75 Å². The van der Waals surface area contributed by atoms with Gasteiger partial charge in [-0.3, -0.25) is 10.3 Å². The molecule has 1 aromatic carbocycles. The molecular formula is C22H25FN4O3. The summed E-state index contributed by atoms with van der Waals surface area (Å²) in [5.74, 6) is 0.130. The van der Waals surface area contributed by atoms with Crippen molar-refractivity contribution in [1.82, 2.24) is 15.3 Å². The molecule has 7 nitrogen and oxygen atoms in total. The van der Waals surface area contributed by atoms with E-state index in [1.54, 1.807) is 44.4 Å². The largest absolute Gasteiger partial charge is 0.488 e. The van der Waals surface area contributed by atoms with Gasteiger partial charge in [-0.2, -0.15) is 0 Å². The van der Waals surface area contributed by atoms with E-state index >= 15 is 0 Å². The number of ether oxygens (including phenoxy) is 1. The summed E-state index contributed by atoms with van der Waals surface area (Å²) < 4.78 is 19.6. The van der Waals surface area contributed by atoms with Crippen molar-refractivity contribution in [1.29, 1.82) is 0 Å². The van der Waals surface area contributed by atoms with Gasteiger partial charge in [0.15, 0.2) is 0 Å². The Morgan fingerprint density at radius 2 is 2.17 bits per heavy atom. The second-order valence-electron chi connectivity index (χ2n) is 7.98. The molecule has 0 aliphatic carbocycles. The number of nitrogens with zero attached hydrogens (tertiary/aromatic N) is 1. The van der Waals surface area contributed by atoms with E-state index in [4.69, 9.17) is 4.74 Å². The molecule has 3 heterocycles. The minimum atomic E-state index is -1.01. The number of hydrogen-bond donors (Lipinski definition) is 5. The lowest BCUT2D eigenvalue weighted by atomic mass is 10.0. The van der Waals surface area contributed by atoms with Crippen molar-refractivity contribution in [2.45, 2.75) is 32.1 Å². The number of fused-ring (bicyclic) bond motifs is 1. The van der Waals surface area contributed by atoms with Gasteiger partial charge >= 0.3 is 0 Å². The van der Waals surface area contributed by atoms with Gasteiger partial charge in [0, 0.05) is 41.7 Å². The number of aromatic amines is 1. The highest BCUT2D eigenvalue weighted by Gasteiger charge is 2.28. The van der Waals surface area contributed by atoms with Gasteiger partial charge in [-0.1, -0.05) is 6.07 Å². The predicted molar refractivity (Wildman–Crippen MR) is 112 cm³/mol. The van der Waals surface area contributed by atoms with Crippen LogP contribution in [0.1, 0.15) is 31.3 Å². The molecule has 5 N–H and O–H groups in total. The van der Waals surface area contributed by atoms with Crippen molar-refractivity contribution in [3.8, 4) is 17.0 Å². The summed E-state index contributed by atoms with van der Waals surface area (Å²) in [7, 11) is 0. The first-order valence-electron chi connectivity index (χ1n) is 9.80. The molecule has 0 bridgehead atoms. The normalized spacial score (nSPS) is 16.2. The molecule has 2 aromatic heterocycles. The lowest BCUT2D eigenvalue weighted by molar-refractivity contribution is 0.0286. The second kappa shape index (κ2) is 8.06. The van der Waals surface area contributed by atoms with Crippen LogP contribution in [0, 0.1) is 5.82 Å². The highest BCUT2D eigenvalue weighted by Crippen LogP contribution is 2.42. The van der Waals surface area contributed by atoms with Crippen LogP contribution in [-0.2, 0) is 6.42 Å². The van der Waals surface area contributed by atoms with Crippen LogP contribution >= 0.6 is 0 Å². The lowest BCUT2D eigenvalue weighted by Gasteiger charge is -2.22. The third kappa shape index (κ3) is 4.30. The molecule has 0 saturated carbocycles. The fraction of sp³-hybridized carbons (Fsp3) is 0.318. The van der Waals surface area contributed by atoms with E-state index in [-0.39, 0.29) is 12.4 Å². The molecule has 30 heavy (non-hydrogen) atoms. The maximum atomic E-state index is 13.7. The molecule has 4 rings (SSSR count). The zero-order valence-corrected chi connectivity index (χ0v) is 16.9. The van der Waals surface area contributed by atoms with Crippen LogP contribution in [0.3, 0.4) is 0 Å². The summed E-state index contributed by atoms with van der Waals surface area (Å²) in [5.41, 5.74) is 3.17. The Hall–Kier alpha value is -2.94. The standard InChI is InChI=1S/C22H25FN4O3/c1-22(2,29)12-30-17-11-24-8-6-15(17)19-20(26-14-5-3-4-13(23)10-14)18-16(27-19)7-9-25-21(18)28/h3-6,8,10-11,21,25-29H,7,9,12H2,1-2H3. The first-order chi connectivity index (χ1) is 14.3. The van der Waals surface area contributed by atoms with E-state index in [1.807, 2.05) is 0 Å². The SMILES string of the molecule is CC(C)(O)COc1cnccc1-c1[nH]c2c(c1Nc1cccc(F)c1)C(O)NCC2. The van der Waals surface area contributed by atoms with E-state index in [2.05, 4.69) is 20.6 Å². The summed E-state index contributed by atoms with van der Waals surface area (Å²) in [6, 6.07) is 7.95. The summed E-state index contributed by atoms with van der Waals surface area (Å²) in [6.45, 7) is 4.04. The number of nitrogens with one attached hydrogen (secondary N) is 3. The highest BCUT2D eigenvalue weighted by atomic mass is 19.1. The number of aromatic nitrogens is 2. The van der Waals surface area contributed by atoms with Crippen LogP contribution in [0.4, 0.5) is 15.8 Å². The summed E-state index contributed by atoms with van der Waals surface area (Å²) in [5, 5.41) is 26.9. The fourth-order valence-corrected chi connectivity index (χ4v) is 3.50. The zero-order valence-electron chi connectivity index (χ0n) is 16.9. The number of halogens is 1. The molecule has 0 amide bonds. The van der Waals surface area contributed by atoms with Crippen molar-refractivity contribution in [2.24, 2.45) is 0 Å². The molecule has 0 saturated heterocycles. The second-order valence-corrected chi connectivity index (χ2v) is 7.98. The Kier molecular flexibility index (Phi) is 5.46. The van der Waals surface area contributed by atoms with E-state index in [0.717, 1.165) is 11.3 Å². The number of pyridine rings is 1. The topological polar surface area (TPSA) is 102 Å². The number of benzene rings is 1. The van der Waals surface area contributed by atoms with Crippen molar-refractivity contribution in [2.75, 3.05) is 18.5 Å². The molecule has 1 aliphatic heterocycles. The van der Waals surface area contributed by atoms with Gasteiger partial charge in [-0.05, 0) is 38.1 Å². The summed E-state index contributed by atoms with van der Waals surface area (Å²) in [4.78, 5) is 7.54. The average molecular weight is 412 g/mol. The third-order valence-corrected chi connectivity index (χ3v) is 4.84. The van der Waals surface area contributed by atoms with Gasteiger partial charge < -0.3 is 25.3 Å². The Labute approximate surface area is 173 Å². The van der Waals surface area contributed by atoms with Crippen LogP contribution in [-0.4, -0.2) is 38.9 Å². The van der Waals surface area contributed by atoms with Gasteiger partial charge in [0.1, 0.15) is 24.4 Å². The van der Waals surface area contributed by atoms with E-state index in [9.17, 15) is 14.6 Å². The number of aliphatic hydroxyl groups is 2. The van der Waals surface area contributed by atoms with Crippen LogP contribution in [0.15, 0.2) is 42.7 Å². The number of aliphatic hydroxyl groups excluding tert-OH is 1. The molecule has 8 heteroatoms. The molecule has 1 aliphatic rings. The van der Waals surface area contributed by atoms with Gasteiger partial charge in [0.05, 0.1) is 23.2 Å². The Bertz CT molecular complexity index is 1050. The zero-order chi connectivity index (χ0) is 21.3. The maximum Gasteiger partial charge on any atom is 0.147 e. The fourth-order valence-electron chi connectivity index (χ4n) is 3.50. The van der Waals surface area contributed by atoms with Gasteiger partial charge in [0.2, 0.25) is 0 Å². The minimum absolute atomic E-state index is 0.0863. The molecule has 1 unspecified atom stereocenters. The van der Waals surface area contributed by atoms with Gasteiger partial charge in [0.25, 0.3) is 0 Å². The molecule has 0 radical (unpaired) electrons. The van der Waals surface area contributed by atoms with Crippen LogP contribution < -0.4 is 15.4 Å². The quantitative estimate of drug-likeness (QED) is 0.426. The first kappa shape index (κ1) is 20.3. The minimum Gasteiger partial charge on any atom is -0.488 e. The number of H-pyrrole nitrogens is 1. The Morgan fingerprint density at radius 1 is 1.33 bits per heavy atom. The molecule has 1 atom stereocenters.